The molecule has 112 valence electrons. The van der Waals surface area contributed by atoms with Gasteiger partial charge in [-0.05, 0) is 50.9 Å². The molecule has 0 radical (unpaired) electrons. The molecule has 7 heteroatoms. The van der Waals surface area contributed by atoms with Gasteiger partial charge < -0.3 is 22.6 Å². The summed E-state index contributed by atoms with van der Waals surface area (Å²) in [5.41, 5.74) is -0.0187. The standard InChI is InChI=1S/C14H20BF3NO.K/c1-12-11-13(15(16,17)18)5-6-14(12)20-10-4-9-19-7-2-3-8-19;/h5-6,11H,2-4,7-10H2,1H3;/q-1;+1. The summed E-state index contributed by atoms with van der Waals surface area (Å²) in [7, 11) is 0. The third-order valence-corrected chi connectivity index (χ3v) is 3.65. The fraction of sp³-hybridized carbons (Fsp3) is 0.571. The number of hydrogen-bond acceptors (Lipinski definition) is 2. The van der Waals surface area contributed by atoms with E-state index in [2.05, 4.69) is 4.90 Å². The second-order valence-electron chi connectivity index (χ2n) is 5.35. The van der Waals surface area contributed by atoms with Crippen LogP contribution in [0, 0.1) is 6.92 Å². The van der Waals surface area contributed by atoms with Crippen molar-refractivity contribution in [1.82, 2.24) is 4.90 Å². The molecule has 1 aliphatic heterocycles. The molecule has 1 fully saturated rings. The summed E-state index contributed by atoms with van der Waals surface area (Å²) in [6.45, 7) is 0.586. The molecule has 0 bridgehead atoms. The van der Waals surface area contributed by atoms with Crippen LogP contribution in [0.2, 0.25) is 0 Å². The first-order chi connectivity index (χ1) is 9.47. The molecule has 2 nitrogen and oxygen atoms in total. The van der Waals surface area contributed by atoms with Crippen molar-refractivity contribution in [3.05, 3.63) is 23.8 Å². The maximum absolute atomic E-state index is 12.6. The van der Waals surface area contributed by atoms with Gasteiger partial charge in [-0.15, -0.1) is 5.46 Å². The van der Waals surface area contributed by atoms with Crippen molar-refractivity contribution in [1.29, 1.82) is 0 Å². The van der Waals surface area contributed by atoms with Gasteiger partial charge in [0, 0.05) is 6.54 Å². The zero-order valence-electron chi connectivity index (χ0n) is 12.7. The van der Waals surface area contributed by atoms with Crippen molar-refractivity contribution >= 4 is 12.4 Å². The number of benzene rings is 1. The van der Waals surface area contributed by atoms with Crippen LogP contribution in [0.1, 0.15) is 24.8 Å². The van der Waals surface area contributed by atoms with Gasteiger partial charge in [-0.2, -0.15) is 0 Å². The number of likely N-dealkylation sites (tertiary alicyclic amines) is 1. The van der Waals surface area contributed by atoms with Crippen molar-refractivity contribution in [3.8, 4) is 5.75 Å². The third-order valence-electron chi connectivity index (χ3n) is 3.65. The molecule has 1 heterocycles. The van der Waals surface area contributed by atoms with Gasteiger partial charge in [0.15, 0.2) is 0 Å². The minimum atomic E-state index is -4.93. The molecule has 2 rings (SSSR count). The van der Waals surface area contributed by atoms with Crippen molar-refractivity contribution in [2.45, 2.75) is 26.2 Å². The van der Waals surface area contributed by atoms with E-state index in [1.807, 2.05) is 0 Å². The summed E-state index contributed by atoms with van der Waals surface area (Å²) >= 11 is 0. The molecule has 0 aromatic heterocycles. The average molecular weight is 325 g/mol. The van der Waals surface area contributed by atoms with Gasteiger partial charge in [-0.25, -0.2) is 0 Å². The third kappa shape index (κ3) is 6.23. The van der Waals surface area contributed by atoms with E-state index < -0.39 is 12.4 Å². The van der Waals surface area contributed by atoms with Crippen LogP contribution in [0.25, 0.3) is 0 Å². The van der Waals surface area contributed by atoms with Crippen LogP contribution in [-0.4, -0.2) is 38.1 Å². The molecule has 0 unspecified atom stereocenters. The largest absolute Gasteiger partial charge is 1.00 e. The summed E-state index contributed by atoms with van der Waals surface area (Å²) in [5.74, 6) is 0.551. The molecule has 0 atom stereocenters. The van der Waals surface area contributed by atoms with Crippen molar-refractivity contribution in [3.63, 3.8) is 0 Å². The van der Waals surface area contributed by atoms with Gasteiger partial charge in [0.05, 0.1) is 6.61 Å². The minimum Gasteiger partial charge on any atom is -0.493 e. The maximum Gasteiger partial charge on any atom is 1.00 e. The Morgan fingerprint density at radius 2 is 1.86 bits per heavy atom. The molecular weight excluding hydrogens is 305 g/mol. The molecule has 0 amide bonds. The van der Waals surface area contributed by atoms with E-state index in [1.165, 1.54) is 18.9 Å². The fourth-order valence-corrected chi connectivity index (χ4v) is 2.51. The Balaban J connectivity index is 0.00000220. The van der Waals surface area contributed by atoms with Crippen molar-refractivity contribution in [2.24, 2.45) is 0 Å². The summed E-state index contributed by atoms with van der Waals surface area (Å²) < 4.78 is 43.4. The van der Waals surface area contributed by atoms with Gasteiger partial charge in [-0.3, -0.25) is 0 Å². The molecular formula is C14H20BF3KNO. The average Bonchev–Trinajstić information content (AvgIpc) is 2.88. The predicted octanol–water partition coefficient (Wildman–Crippen LogP) is -0.0819. The van der Waals surface area contributed by atoms with Crippen LogP contribution in [0.15, 0.2) is 18.2 Å². The first-order valence-corrected chi connectivity index (χ1v) is 7.12. The molecule has 1 aromatic carbocycles. The second kappa shape index (κ2) is 8.94. The molecule has 21 heavy (non-hydrogen) atoms. The van der Waals surface area contributed by atoms with Gasteiger partial charge in [0.1, 0.15) is 5.75 Å². The molecule has 0 aliphatic carbocycles. The fourth-order valence-electron chi connectivity index (χ4n) is 2.51. The van der Waals surface area contributed by atoms with E-state index in [0.29, 0.717) is 17.9 Å². The number of aryl methyl sites for hydroxylation is 1. The molecule has 0 saturated carbocycles. The number of rotatable bonds is 6. The van der Waals surface area contributed by atoms with Crippen LogP contribution in [0.3, 0.4) is 0 Å². The Morgan fingerprint density at radius 1 is 1.19 bits per heavy atom. The Kier molecular flexibility index (Phi) is 8.31. The van der Waals surface area contributed by atoms with Gasteiger partial charge in [0.25, 0.3) is 0 Å². The van der Waals surface area contributed by atoms with E-state index in [-0.39, 0.29) is 51.4 Å². The van der Waals surface area contributed by atoms with E-state index in [4.69, 9.17) is 4.74 Å². The summed E-state index contributed by atoms with van der Waals surface area (Å²) in [6, 6.07) is 3.69. The summed E-state index contributed by atoms with van der Waals surface area (Å²) in [6.07, 6.45) is 3.44. The van der Waals surface area contributed by atoms with E-state index in [1.54, 1.807) is 6.92 Å². The number of nitrogens with zero attached hydrogens (tertiary/aromatic N) is 1. The molecule has 0 N–H and O–H groups in total. The monoisotopic (exact) mass is 325 g/mol. The number of ether oxygens (including phenoxy) is 1. The molecule has 1 aromatic rings. The van der Waals surface area contributed by atoms with E-state index in [0.717, 1.165) is 38.2 Å². The number of halogens is 3. The topological polar surface area (TPSA) is 12.5 Å². The normalized spacial score (nSPS) is 15.8. The van der Waals surface area contributed by atoms with Crippen molar-refractivity contribution < 1.29 is 69.1 Å². The Morgan fingerprint density at radius 3 is 2.43 bits per heavy atom. The predicted molar refractivity (Wildman–Crippen MR) is 75.7 cm³/mol. The maximum atomic E-state index is 12.6. The quantitative estimate of drug-likeness (QED) is 0.536. The van der Waals surface area contributed by atoms with Gasteiger partial charge in [-0.1, -0.05) is 12.1 Å². The van der Waals surface area contributed by atoms with Gasteiger partial charge in [0.2, 0.25) is 0 Å². The first-order valence-electron chi connectivity index (χ1n) is 7.12. The summed E-state index contributed by atoms with van der Waals surface area (Å²) in [4.78, 5) is 2.39. The zero-order valence-corrected chi connectivity index (χ0v) is 15.9. The smallest absolute Gasteiger partial charge is 0.493 e. The van der Waals surface area contributed by atoms with Gasteiger partial charge >= 0.3 is 58.4 Å². The Bertz CT molecular complexity index is 450. The molecule has 1 aliphatic rings. The van der Waals surface area contributed by atoms with Crippen LogP contribution in [0.4, 0.5) is 12.9 Å². The van der Waals surface area contributed by atoms with E-state index in [9.17, 15) is 12.9 Å². The Labute approximate surface area is 166 Å². The Hall–Kier alpha value is 0.471. The molecule has 0 spiro atoms. The van der Waals surface area contributed by atoms with Crippen molar-refractivity contribution in [2.75, 3.05) is 26.2 Å². The van der Waals surface area contributed by atoms with Crippen LogP contribution in [0.5, 0.6) is 5.75 Å². The van der Waals surface area contributed by atoms with Crippen LogP contribution in [-0.2, 0) is 0 Å². The SMILES string of the molecule is Cc1cc([B-](F)(F)F)ccc1OCCCN1CCCC1.[K+]. The first kappa shape index (κ1) is 19.5. The van der Waals surface area contributed by atoms with E-state index >= 15 is 0 Å². The van der Waals surface area contributed by atoms with Crippen LogP contribution < -0.4 is 61.6 Å². The number of hydrogen-bond donors (Lipinski definition) is 0. The second-order valence-corrected chi connectivity index (χ2v) is 5.35. The zero-order chi connectivity index (χ0) is 14.6. The van der Waals surface area contributed by atoms with Crippen LogP contribution >= 0.6 is 0 Å². The molecule has 1 saturated heterocycles. The summed E-state index contributed by atoms with van der Waals surface area (Å²) in [5, 5.41) is 0. The minimum absolute atomic E-state index is 0.